The molecule has 1 N–H and O–H groups in total. The summed E-state index contributed by atoms with van der Waals surface area (Å²) in [6, 6.07) is 0. The Kier molecular flexibility index (Phi) is 13.2. The number of carboxylic acids is 1. The number of hydrogen-bond donors (Lipinski definition) is 1. The van der Waals surface area contributed by atoms with E-state index in [1.165, 1.54) is 6.92 Å². The van der Waals surface area contributed by atoms with Gasteiger partial charge in [0.1, 0.15) is 11.9 Å². The molecule has 0 aliphatic heterocycles. The smallest absolute Gasteiger partial charge is 0.303 e. The number of carbonyl (C=O) groups excluding carboxylic acids is 2. The van der Waals surface area contributed by atoms with E-state index in [1.54, 1.807) is 0 Å². The molecule has 35 heavy (non-hydrogen) atoms. The molecule has 4 atom stereocenters. The van der Waals surface area contributed by atoms with E-state index in [0.717, 1.165) is 25.7 Å². The van der Waals surface area contributed by atoms with Gasteiger partial charge >= 0.3 is 11.9 Å². The van der Waals surface area contributed by atoms with Crippen molar-refractivity contribution in [3.05, 3.63) is 24.3 Å². The van der Waals surface area contributed by atoms with Gasteiger partial charge in [-0.05, 0) is 56.3 Å². The summed E-state index contributed by atoms with van der Waals surface area (Å²) in [4.78, 5) is 35.4. The van der Waals surface area contributed by atoms with Crippen LogP contribution in [-0.2, 0) is 23.5 Å². The molecule has 0 aromatic carbocycles. The maximum Gasteiger partial charge on any atom is 0.303 e. The highest BCUT2D eigenvalue weighted by Crippen LogP contribution is 2.43. The lowest BCUT2D eigenvalue weighted by Crippen LogP contribution is -2.45. The Morgan fingerprint density at radius 2 is 1.86 bits per heavy atom. The first kappa shape index (κ1) is 31.3. The van der Waals surface area contributed by atoms with Crippen LogP contribution in [0.15, 0.2) is 24.3 Å². The number of hydrogen-bond acceptors (Lipinski definition) is 5. The summed E-state index contributed by atoms with van der Waals surface area (Å²) in [6.45, 7) is 14.6. The highest BCUT2D eigenvalue weighted by Gasteiger charge is 2.46. The number of aliphatic carboxylic acids is 1. The molecule has 1 rings (SSSR count). The van der Waals surface area contributed by atoms with E-state index in [4.69, 9.17) is 14.3 Å². The van der Waals surface area contributed by atoms with Crippen LogP contribution in [0.4, 0.5) is 0 Å². The van der Waals surface area contributed by atoms with Crippen molar-refractivity contribution in [1.29, 1.82) is 0 Å². The molecule has 0 amide bonds. The average molecular weight is 509 g/mol. The largest absolute Gasteiger partial charge is 0.481 e. The Bertz CT molecular complexity index is 749. The molecule has 0 spiro atoms. The first-order valence-corrected chi connectivity index (χ1v) is 16.1. The Balaban J connectivity index is 3.07. The number of carboxylic acid groups (broad SMARTS) is 1. The molecule has 1 aliphatic carbocycles. The lowest BCUT2D eigenvalue weighted by atomic mass is 9.90. The lowest BCUT2D eigenvalue weighted by Gasteiger charge is -2.39. The monoisotopic (exact) mass is 508 g/mol. The van der Waals surface area contributed by atoms with Crippen LogP contribution in [0.1, 0.15) is 92.4 Å². The van der Waals surface area contributed by atoms with Crippen LogP contribution in [-0.4, -0.2) is 43.4 Å². The highest BCUT2D eigenvalue weighted by atomic mass is 28.4. The Morgan fingerprint density at radius 3 is 2.43 bits per heavy atom. The summed E-state index contributed by atoms with van der Waals surface area (Å²) in [5, 5.41) is 8.83. The minimum absolute atomic E-state index is 0.0346. The van der Waals surface area contributed by atoms with Crippen LogP contribution >= 0.6 is 0 Å². The zero-order valence-corrected chi connectivity index (χ0v) is 24.0. The van der Waals surface area contributed by atoms with Gasteiger partial charge in [0.25, 0.3) is 0 Å². The predicted octanol–water partition coefficient (Wildman–Crippen LogP) is 6.85. The van der Waals surface area contributed by atoms with Crippen molar-refractivity contribution in [1.82, 2.24) is 0 Å². The van der Waals surface area contributed by atoms with Crippen molar-refractivity contribution in [3.8, 4) is 0 Å². The minimum atomic E-state index is -2.08. The van der Waals surface area contributed by atoms with E-state index < -0.39 is 14.3 Å². The van der Waals surface area contributed by atoms with Crippen molar-refractivity contribution in [3.63, 3.8) is 0 Å². The molecule has 0 aromatic rings. The molecule has 1 fully saturated rings. The number of ketones is 1. The van der Waals surface area contributed by atoms with Crippen LogP contribution in [0.2, 0.25) is 18.1 Å². The van der Waals surface area contributed by atoms with Gasteiger partial charge < -0.3 is 14.3 Å². The lowest BCUT2D eigenvalue weighted by molar-refractivity contribution is -0.144. The summed E-state index contributed by atoms with van der Waals surface area (Å²) in [5.74, 6) is -1.15. The van der Waals surface area contributed by atoms with Gasteiger partial charge in [0.05, 0.1) is 6.10 Å². The van der Waals surface area contributed by atoms with Gasteiger partial charge in [-0.3, -0.25) is 14.4 Å². The number of carbonyl (C=O) groups is 3. The third kappa shape index (κ3) is 11.2. The van der Waals surface area contributed by atoms with Gasteiger partial charge in [0.15, 0.2) is 8.32 Å². The quantitative estimate of drug-likeness (QED) is 0.113. The number of Topliss-reactive ketones (excluding diaryl/α,β-unsaturated/α-hetero) is 1. The second-order valence-electron chi connectivity index (χ2n) is 11.3. The maximum atomic E-state index is 13.1. The van der Waals surface area contributed by atoms with Gasteiger partial charge in [-0.1, -0.05) is 58.8 Å². The first-order valence-electron chi connectivity index (χ1n) is 13.2. The normalized spacial score (nSPS) is 22.3. The van der Waals surface area contributed by atoms with Crippen LogP contribution in [0, 0.1) is 11.8 Å². The van der Waals surface area contributed by atoms with Gasteiger partial charge in [-0.2, -0.15) is 0 Å². The van der Waals surface area contributed by atoms with E-state index in [-0.39, 0.29) is 47.3 Å². The second-order valence-corrected chi connectivity index (χ2v) is 16.0. The molecule has 0 radical (unpaired) electrons. The third-order valence-electron chi connectivity index (χ3n) is 7.24. The molecular formula is C28H48O6Si. The van der Waals surface area contributed by atoms with Crippen molar-refractivity contribution < 1.29 is 28.7 Å². The molecule has 200 valence electrons. The van der Waals surface area contributed by atoms with Crippen molar-refractivity contribution in [2.45, 2.75) is 123 Å². The summed E-state index contributed by atoms with van der Waals surface area (Å²) >= 11 is 0. The first-order chi connectivity index (χ1) is 16.3. The molecule has 0 saturated heterocycles. The summed E-state index contributed by atoms with van der Waals surface area (Å²) in [6.07, 6.45) is 13.9. The Labute approximate surface area is 213 Å². The van der Waals surface area contributed by atoms with Crippen LogP contribution in [0.3, 0.4) is 0 Å². The zero-order valence-electron chi connectivity index (χ0n) is 23.0. The molecule has 0 aromatic heterocycles. The van der Waals surface area contributed by atoms with E-state index in [2.05, 4.69) is 46.9 Å². The molecule has 0 heterocycles. The van der Waals surface area contributed by atoms with E-state index in [0.29, 0.717) is 25.7 Å². The Hall–Kier alpha value is -1.73. The number of rotatable bonds is 15. The number of ether oxygens (including phenoxy) is 1. The summed E-state index contributed by atoms with van der Waals surface area (Å²) < 4.78 is 12.3. The molecule has 0 bridgehead atoms. The fourth-order valence-corrected chi connectivity index (χ4v) is 5.52. The standard InChI is InChI=1S/C28H48O6Si/c1-8-9-12-15-22(33-21(2)29)18-19-24-23(16-13-10-11-14-17-27(31)32)25(30)20-26(24)34-35(6,7)28(3,4)5/h10,13,18-19,22-24,26H,8-9,11-12,14-17,20H2,1-7H3,(H,31,32)/t22?,23-,24-,26-/m1/s1. The van der Waals surface area contributed by atoms with Crippen LogP contribution in [0.5, 0.6) is 0 Å². The van der Waals surface area contributed by atoms with E-state index in [1.807, 2.05) is 18.2 Å². The number of allylic oxidation sites excluding steroid dienone is 2. The topological polar surface area (TPSA) is 89.9 Å². The summed E-state index contributed by atoms with van der Waals surface area (Å²) in [5.41, 5.74) is 0. The Morgan fingerprint density at radius 1 is 1.17 bits per heavy atom. The van der Waals surface area contributed by atoms with Gasteiger partial charge in [0, 0.05) is 31.6 Å². The minimum Gasteiger partial charge on any atom is -0.481 e. The number of esters is 1. The van der Waals surface area contributed by atoms with E-state index in [9.17, 15) is 14.4 Å². The summed E-state index contributed by atoms with van der Waals surface area (Å²) in [7, 11) is -2.08. The molecule has 1 saturated carbocycles. The zero-order chi connectivity index (χ0) is 26.6. The number of unbranched alkanes of at least 4 members (excludes halogenated alkanes) is 3. The second kappa shape index (κ2) is 14.7. The highest BCUT2D eigenvalue weighted by molar-refractivity contribution is 6.74. The van der Waals surface area contributed by atoms with Crippen LogP contribution in [0.25, 0.3) is 0 Å². The van der Waals surface area contributed by atoms with Crippen molar-refractivity contribution in [2.75, 3.05) is 0 Å². The van der Waals surface area contributed by atoms with E-state index >= 15 is 0 Å². The average Bonchev–Trinajstić information content (AvgIpc) is 3.00. The van der Waals surface area contributed by atoms with Gasteiger partial charge in [-0.15, -0.1) is 0 Å². The SMILES string of the molecule is CCCCCC(C=C[C@H]1[C@H](O[Si](C)(C)C(C)(C)C)CC(=O)[C@@H]1CC=CCCCC(=O)O)OC(C)=O. The fraction of sp³-hybridized carbons (Fsp3) is 0.750. The third-order valence-corrected chi connectivity index (χ3v) is 11.7. The molecule has 1 aliphatic rings. The maximum absolute atomic E-state index is 13.1. The molecule has 6 nitrogen and oxygen atoms in total. The van der Waals surface area contributed by atoms with Crippen molar-refractivity contribution >= 4 is 26.0 Å². The molecule has 7 heteroatoms. The van der Waals surface area contributed by atoms with Crippen LogP contribution < -0.4 is 0 Å². The van der Waals surface area contributed by atoms with Gasteiger partial charge in [0.2, 0.25) is 0 Å². The molecular weight excluding hydrogens is 460 g/mol. The predicted molar refractivity (Wildman–Crippen MR) is 143 cm³/mol. The fourth-order valence-electron chi connectivity index (χ4n) is 4.17. The molecule has 1 unspecified atom stereocenters. The van der Waals surface area contributed by atoms with Gasteiger partial charge in [-0.25, -0.2) is 0 Å². The van der Waals surface area contributed by atoms with Crippen molar-refractivity contribution in [2.24, 2.45) is 11.8 Å².